The number of nitrogens with one attached hydrogen (secondary N) is 1. The summed E-state index contributed by atoms with van der Waals surface area (Å²) in [6.07, 6.45) is 2.41. The van der Waals surface area contributed by atoms with Crippen LogP contribution in [-0.2, 0) is 4.79 Å². The van der Waals surface area contributed by atoms with Crippen molar-refractivity contribution in [2.24, 2.45) is 5.92 Å². The van der Waals surface area contributed by atoms with E-state index in [0.29, 0.717) is 11.8 Å². The van der Waals surface area contributed by atoms with Crippen molar-refractivity contribution in [1.82, 2.24) is 5.32 Å². The molecule has 50 valence electrons. The number of Topliss-reactive ketones (excluding diaryl/α,β-unsaturated/α-hetero) is 1. The summed E-state index contributed by atoms with van der Waals surface area (Å²) in [6.45, 7) is 1.67. The lowest BCUT2D eigenvalue weighted by Crippen LogP contribution is -2.31. The zero-order valence-electron chi connectivity index (χ0n) is 5.55. The number of hydrogen-bond donors (Lipinski definition) is 1. The maximum Gasteiger partial charge on any atom is 0.146 e. The Kier molecular flexibility index (Phi) is 0.943. The van der Waals surface area contributed by atoms with Crippen molar-refractivity contribution in [2.45, 2.75) is 31.8 Å². The molecule has 2 rings (SSSR count). The lowest BCUT2D eigenvalue weighted by atomic mass is 10.1. The first-order valence-electron chi connectivity index (χ1n) is 3.54. The Bertz CT molecular complexity index is 145. The first-order chi connectivity index (χ1) is 4.27. The van der Waals surface area contributed by atoms with E-state index in [9.17, 15) is 4.79 Å². The third-order valence-electron chi connectivity index (χ3n) is 2.37. The molecule has 1 saturated carbocycles. The van der Waals surface area contributed by atoms with Gasteiger partial charge >= 0.3 is 0 Å². The number of carbonyl (C=O) groups is 1. The van der Waals surface area contributed by atoms with Crippen molar-refractivity contribution < 1.29 is 4.79 Å². The lowest BCUT2D eigenvalue weighted by Gasteiger charge is -2.06. The fourth-order valence-electron chi connectivity index (χ4n) is 1.62. The molecule has 2 nitrogen and oxygen atoms in total. The Labute approximate surface area is 54.6 Å². The molecule has 2 fully saturated rings. The van der Waals surface area contributed by atoms with E-state index in [1.165, 1.54) is 6.42 Å². The van der Waals surface area contributed by atoms with Crippen LogP contribution in [0, 0.1) is 5.92 Å². The van der Waals surface area contributed by atoms with E-state index in [-0.39, 0.29) is 6.04 Å². The molecule has 0 aromatic rings. The molecule has 2 heteroatoms. The van der Waals surface area contributed by atoms with Crippen molar-refractivity contribution in [3.8, 4) is 0 Å². The first kappa shape index (κ1) is 5.42. The van der Waals surface area contributed by atoms with Crippen molar-refractivity contribution in [3.05, 3.63) is 0 Å². The molecule has 0 aromatic heterocycles. The van der Waals surface area contributed by atoms with Crippen LogP contribution in [0.1, 0.15) is 19.8 Å². The summed E-state index contributed by atoms with van der Waals surface area (Å²) in [4.78, 5) is 10.7. The largest absolute Gasteiger partial charge is 0.304 e. The van der Waals surface area contributed by atoms with Gasteiger partial charge in [0, 0.05) is 6.04 Å². The molecule has 0 bridgehead atoms. The predicted octanol–water partition coefficient (Wildman–Crippen LogP) is 0.326. The van der Waals surface area contributed by atoms with Gasteiger partial charge in [0.1, 0.15) is 5.78 Å². The number of piperidine rings is 1. The molecule has 1 N–H and O–H groups in total. The monoisotopic (exact) mass is 125 g/mol. The molecule has 1 aliphatic heterocycles. The molecule has 1 saturated heterocycles. The third kappa shape index (κ3) is 0.778. The van der Waals surface area contributed by atoms with Gasteiger partial charge in [0.25, 0.3) is 0 Å². The standard InChI is InChI=1S/C7H11NO/c1-4(9)6-2-5-3-7(5)8-6/h5-8H,2-3H2,1H3/t5-,6+,7+/m1/s1. The first-order valence-corrected chi connectivity index (χ1v) is 3.54. The van der Waals surface area contributed by atoms with E-state index in [1.807, 2.05) is 0 Å². The zero-order valence-corrected chi connectivity index (χ0v) is 5.55. The normalized spacial score (nSPS) is 46.6. The Morgan fingerprint density at radius 2 is 2.33 bits per heavy atom. The van der Waals surface area contributed by atoms with Crippen LogP contribution in [0.2, 0.25) is 0 Å². The SMILES string of the molecule is CC(=O)[C@@H]1C[C@@H]2C[C@@H]2N1. The van der Waals surface area contributed by atoms with Gasteiger partial charge < -0.3 is 5.32 Å². The molecule has 0 radical (unpaired) electrons. The maximum atomic E-state index is 10.7. The molecule has 9 heavy (non-hydrogen) atoms. The summed E-state index contributed by atoms with van der Waals surface area (Å²) in [5.74, 6) is 1.15. The van der Waals surface area contributed by atoms with Gasteiger partial charge in [-0.25, -0.2) is 0 Å². The molecule has 0 spiro atoms. The number of fused-ring (bicyclic) bond motifs is 1. The van der Waals surface area contributed by atoms with Crippen molar-refractivity contribution in [1.29, 1.82) is 0 Å². The summed E-state index contributed by atoms with van der Waals surface area (Å²) in [7, 11) is 0. The van der Waals surface area contributed by atoms with Gasteiger partial charge in [0.15, 0.2) is 0 Å². The highest BCUT2D eigenvalue weighted by molar-refractivity contribution is 5.82. The van der Waals surface area contributed by atoms with Crippen LogP contribution in [0.4, 0.5) is 0 Å². The van der Waals surface area contributed by atoms with Gasteiger partial charge in [0.2, 0.25) is 0 Å². The van der Waals surface area contributed by atoms with Crippen LogP contribution >= 0.6 is 0 Å². The molecule has 0 unspecified atom stereocenters. The zero-order chi connectivity index (χ0) is 6.43. The van der Waals surface area contributed by atoms with Crippen molar-refractivity contribution >= 4 is 5.78 Å². The van der Waals surface area contributed by atoms with Crippen LogP contribution in [0.3, 0.4) is 0 Å². The second-order valence-corrected chi connectivity index (χ2v) is 3.17. The minimum Gasteiger partial charge on any atom is -0.304 e. The molecule has 1 heterocycles. The highest BCUT2D eigenvalue weighted by atomic mass is 16.1. The average Bonchev–Trinajstić information content (AvgIpc) is 2.40. The maximum absolute atomic E-state index is 10.7. The minimum atomic E-state index is 0.203. The van der Waals surface area contributed by atoms with Gasteiger partial charge in [-0.05, 0) is 25.7 Å². The molecular formula is C7H11NO. The average molecular weight is 125 g/mol. The molecule has 2 aliphatic rings. The van der Waals surface area contributed by atoms with Crippen LogP contribution in [0.5, 0.6) is 0 Å². The second kappa shape index (κ2) is 1.57. The van der Waals surface area contributed by atoms with E-state index >= 15 is 0 Å². The molecular weight excluding hydrogens is 114 g/mol. The Hall–Kier alpha value is -0.370. The molecule has 3 atom stereocenters. The van der Waals surface area contributed by atoms with Crippen LogP contribution in [-0.4, -0.2) is 17.9 Å². The predicted molar refractivity (Wildman–Crippen MR) is 34.1 cm³/mol. The van der Waals surface area contributed by atoms with Crippen LogP contribution in [0.25, 0.3) is 0 Å². The second-order valence-electron chi connectivity index (χ2n) is 3.17. The fourth-order valence-corrected chi connectivity index (χ4v) is 1.62. The van der Waals surface area contributed by atoms with Gasteiger partial charge in [-0.2, -0.15) is 0 Å². The van der Waals surface area contributed by atoms with Gasteiger partial charge in [0.05, 0.1) is 6.04 Å². The van der Waals surface area contributed by atoms with Gasteiger partial charge in [-0.15, -0.1) is 0 Å². The molecule has 0 amide bonds. The molecule has 1 aliphatic carbocycles. The summed E-state index contributed by atoms with van der Waals surface area (Å²) < 4.78 is 0. The summed E-state index contributed by atoms with van der Waals surface area (Å²) >= 11 is 0. The summed E-state index contributed by atoms with van der Waals surface area (Å²) in [5, 5.41) is 3.28. The number of rotatable bonds is 1. The topological polar surface area (TPSA) is 29.1 Å². The summed E-state index contributed by atoms with van der Waals surface area (Å²) in [6, 6.07) is 0.910. The Morgan fingerprint density at radius 1 is 1.56 bits per heavy atom. The molecule has 0 aromatic carbocycles. The van der Waals surface area contributed by atoms with Crippen molar-refractivity contribution in [2.75, 3.05) is 0 Å². The number of carbonyl (C=O) groups excluding carboxylic acids is 1. The van der Waals surface area contributed by atoms with E-state index < -0.39 is 0 Å². The minimum absolute atomic E-state index is 0.203. The third-order valence-corrected chi connectivity index (χ3v) is 2.37. The highest BCUT2D eigenvalue weighted by Gasteiger charge is 2.46. The fraction of sp³-hybridized carbons (Fsp3) is 0.857. The van der Waals surface area contributed by atoms with Gasteiger partial charge in [-0.3, -0.25) is 4.79 Å². The lowest BCUT2D eigenvalue weighted by molar-refractivity contribution is -0.118. The highest BCUT2D eigenvalue weighted by Crippen LogP contribution is 2.40. The van der Waals surface area contributed by atoms with E-state index in [1.54, 1.807) is 6.92 Å². The van der Waals surface area contributed by atoms with Crippen LogP contribution in [0.15, 0.2) is 0 Å². The number of hydrogen-bond acceptors (Lipinski definition) is 2. The van der Waals surface area contributed by atoms with Gasteiger partial charge in [-0.1, -0.05) is 0 Å². The van der Waals surface area contributed by atoms with Crippen LogP contribution < -0.4 is 5.32 Å². The Balaban J connectivity index is 1.97. The Morgan fingerprint density at radius 3 is 2.67 bits per heavy atom. The van der Waals surface area contributed by atoms with E-state index in [0.717, 1.165) is 12.3 Å². The van der Waals surface area contributed by atoms with E-state index in [4.69, 9.17) is 0 Å². The smallest absolute Gasteiger partial charge is 0.146 e. The van der Waals surface area contributed by atoms with Crippen molar-refractivity contribution in [3.63, 3.8) is 0 Å². The number of ketones is 1. The van der Waals surface area contributed by atoms with E-state index in [2.05, 4.69) is 5.32 Å². The quantitative estimate of drug-likeness (QED) is 0.547. The summed E-state index contributed by atoms with van der Waals surface area (Å²) in [5.41, 5.74) is 0.